The molecular weight excluding hydrogens is 608 g/mol. The first-order valence-electron chi connectivity index (χ1n) is 15.8. The maximum absolute atomic E-state index is 13.3. The van der Waals surface area contributed by atoms with Gasteiger partial charge in [-0.1, -0.05) is 77.5 Å². The Morgan fingerprint density at radius 1 is 1.02 bits per heavy atom. The third-order valence-electron chi connectivity index (χ3n) is 7.44. The Balaban J connectivity index is 0.000000851. The molecule has 10 heteroatoms. The van der Waals surface area contributed by atoms with Gasteiger partial charge in [0.25, 0.3) is 5.91 Å². The molecule has 2 aromatic rings. The Hall–Kier alpha value is -4.21. The summed E-state index contributed by atoms with van der Waals surface area (Å²) in [7, 11) is 1.67. The fourth-order valence-corrected chi connectivity index (χ4v) is 4.66. The number of benzene rings is 2. The first kappa shape index (κ1) is 40.8. The molecule has 0 atom stereocenters. The fourth-order valence-electron chi connectivity index (χ4n) is 4.66. The van der Waals surface area contributed by atoms with Crippen molar-refractivity contribution in [2.45, 2.75) is 81.0 Å². The zero-order valence-electron chi connectivity index (χ0n) is 29.1. The van der Waals surface area contributed by atoms with Gasteiger partial charge in [-0.05, 0) is 61.2 Å². The first-order valence-corrected chi connectivity index (χ1v) is 15.8. The number of aryl methyl sites for hydroxylation is 1. The molecule has 1 aliphatic rings. The number of hydrogen-bond donors (Lipinski definition) is 2. The van der Waals surface area contributed by atoms with Gasteiger partial charge in [0, 0.05) is 37.2 Å². The molecule has 258 valence electrons. The molecule has 2 aromatic carbocycles. The number of allylic oxidation sites excluding steroid dienone is 4. The van der Waals surface area contributed by atoms with Crippen LogP contribution in [0.3, 0.4) is 0 Å². The van der Waals surface area contributed by atoms with E-state index in [-0.39, 0.29) is 36.3 Å². The van der Waals surface area contributed by atoms with Crippen LogP contribution in [-0.4, -0.2) is 42.4 Å². The Bertz CT molecular complexity index is 1470. The van der Waals surface area contributed by atoms with E-state index in [0.717, 1.165) is 36.1 Å². The SMILES string of the molecule is CC.CCC(C)=C/C=C(\NC)C(=O)N1C/C(=C(/N)C(C)=O)C(=NCc2ccc(C(F)(F)F)cc2)C(C)(C)C1.CCc1cccc(F)c1. The summed E-state index contributed by atoms with van der Waals surface area (Å²) in [6.45, 7) is 15.7. The molecule has 3 rings (SSSR count). The second-order valence-electron chi connectivity index (χ2n) is 11.5. The normalized spacial score (nSPS) is 16.8. The average Bonchev–Trinajstić information content (AvgIpc) is 3.04. The molecule has 0 aromatic heterocycles. The highest BCUT2D eigenvalue weighted by atomic mass is 19.4. The van der Waals surface area contributed by atoms with Crippen LogP contribution in [0.4, 0.5) is 17.6 Å². The Morgan fingerprint density at radius 2 is 1.64 bits per heavy atom. The predicted molar refractivity (Wildman–Crippen MR) is 183 cm³/mol. The summed E-state index contributed by atoms with van der Waals surface area (Å²) in [5, 5.41) is 2.95. The van der Waals surface area contributed by atoms with Crippen molar-refractivity contribution < 1.29 is 27.2 Å². The van der Waals surface area contributed by atoms with Crippen molar-refractivity contribution in [3.05, 3.63) is 106 Å². The first-order chi connectivity index (χ1) is 22.0. The van der Waals surface area contributed by atoms with E-state index in [1.165, 1.54) is 25.1 Å². The standard InChI is InChI=1S/C27H35F3N4O2.C8H9F.C2H6/c1-7-17(2)8-13-22(32-6)25(36)34-15-21(23(31)18(3)35)24(26(4,5)16-34)33-14-19-9-11-20(12-10-19)27(28,29)30;1-2-7-4-3-5-8(9)6-7;1-2/h8-13,32H,7,14-16,31H2,1-6H3;3-6H,2H2,1H3;1-2H3/b17-8?,22-13-,23-21-,33-24?;;. The van der Waals surface area contributed by atoms with Gasteiger partial charge in [-0.25, -0.2) is 4.39 Å². The minimum Gasteiger partial charge on any atom is -0.396 e. The molecule has 1 heterocycles. The fraction of sp³-hybridized carbons (Fsp3) is 0.432. The summed E-state index contributed by atoms with van der Waals surface area (Å²) in [6, 6.07) is 11.5. The predicted octanol–water partition coefficient (Wildman–Crippen LogP) is 8.19. The van der Waals surface area contributed by atoms with Gasteiger partial charge in [0.2, 0.25) is 0 Å². The zero-order chi connectivity index (χ0) is 35.9. The smallest absolute Gasteiger partial charge is 0.396 e. The largest absolute Gasteiger partial charge is 0.416 e. The van der Waals surface area contributed by atoms with Crippen molar-refractivity contribution in [1.29, 1.82) is 0 Å². The number of carbonyl (C=O) groups excluding carboxylic acids is 2. The van der Waals surface area contributed by atoms with E-state index >= 15 is 0 Å². The summed E-state index contributed by atoms with van der Waals surface area (Å²) < 4.78 is 51.0. The molecule has 6 nitrogen and oxygen atoms in total. The van der Waals surface area contributed by atoms with E-state index in [2.05, 4.69) is 10.3 Å². The number of rotatable bonds is 8. The van der Waals surface area contributed by atoms with Crippen LogP contribution in [0.5, 0.6) is 0 Å². The van der Waals surface area contributed by atoms with Crippen LogP contribution in [0.2, 0.25) is 0 Å². The van der Waals surface area contributed by atoms with Gasteiger partial charge < -0.3 is 16.0 Å². The van der Waals surface area contributed by atoms with Crippen LogP contribution in [0, 0.1) is 11.2 Å². The van der Waals surface area contributed by atoms with Crippen molar-refractivity contribution >= 4 is 17.4 Å². The molecule has 3 N–H and O–H groups in total. The van der Waals surface area contributed by atoms with E-state index in [1.54, 1.807) is 30.2 Å². The maximum Gasteiger partial charge on any atom is 0.416 e. The number of nitrogens with two attached hydrogens (primary N) is 1. The maximum atomic E-state index is 13.3. The minimum atomic E-state index is -4.41. The van der Waals surface area contributed by atoms with E-state index in [0.29, 0.717) is 29.1 Å². The topological polar surface area (TPSA) is 87.8 Å². The lowest BCUT2D eigenvalue weighted by Crippen LogP contribution is -2.52. The number of Topliss-reactive ketones (excluding diaryl/α,β-unsaturated/α-hetero) is 1. The molecule has 0 aliphatic carbocycles. The number of alkyl halides is 3. The van der Waals surface area contributed by atoms with Crippen LogP contribution < -0.4 is 11.1 Å². The quantitative estimate of drug-likeness (QED) is 0.170. The van der Waals surface area contributed by atoms with Crippen molar-refractivity contribution in [3.63, 3.8) is 0 Å². The number of hydrogen-bond acceptors (Lipinski definition) is 5. The molecule has 0 unspecified atom stereocenters. The summed E-state index contributed by atoms with van der Waals surface area (Å²) in [5.41, 5.74) is 8.98. The van der Waals surface area contributed by atoms with Gasteiger partial charge in [-0.2, -0.15) is 13.2 Å². The molecule has 1 saturated heterocycles. The Morgan fingerprint density at radius 3 is 2.11 bits per heavy atom. The lowest BCUT2D eigenvalue weighted by atomic mass is 9.78. The van der Waals surface area contributed by atoms with Crippen LogP contribution in [0.15, 0.2) is 88.2 Å². The van der Waals surface area contributed by atoms with Gasteiger partial charge >= 0.3 is 6.18 Å². The van der Waals surface area contributed by atoms with Crippen LogP contribution in [0.1, 0.15) is 78.5 Å². The number of nitrogens with one attached hydrogen (secondary N) is 1. The number of carbonyl (C=O) groups is 2. The highest BCUT2D eigenvalue weighted by molar-refractivity contribution is 6.12. The van der Waals surface area contributed by atoms with Gasteiger partial charge in [0.05, 0.1) is 30.0 Å². The van der Waals surface area contributed by atoms with E-state index in [9.17, 15) is 27.2 Å². The molecule has 1 fully saturated rings. The third-order valence-corrected chi connectivity index (χ3v) is 7.44. The monoisotopic (exact) mass is 658 g/mol. The molecule has 0 spiro atoms. The summed E-state index contributed by atoms with van der Waals surface area (Å²) >= 11 is 0. The lowest BCUT2D eigenvalue weighted by molar-refractivity contribution is -0.137. The van der Waals surface area contributed by atoms with Gasteiger partial charge in [-0.3, -0.25) is 14.6 Å². The highest BCUT2D eigenvalue weighted by Crippen LogP contribution is 2.33. The van der Waals surface area contributed by atoms with Crippen LogP contribution in [-0.2, 0) is 28.7 Å². The van der Waals surface area contributed by atoms with Gasteiger partial charge in [-0.15, -0.1) is 0 Å². The second-order valence-corrected chi connectivity index (χ2v) is 11.5. The number of ketones is 1. The molecular formula is C37H50F4N4O2. The highest BCUT2D eigenvalue weighted by Gasteiger charge is 2.39. The van der Waals surface area contributed by atoms with Crippen molar-refractivity contribution in [2.24, 2.45) is 16.1 Å². The number of likely N-dealkylation sites (tertiary alicyclic amines) is 1. The zero-order valence-corrected chi connectivity index (χ0v) is 29.1. The summed E-state index contributed by atoms with van der Waals surface area (Å²) in [6.07, 6.45) is 0.969. The third kappa shape index (κ3) is 12.5. The summed E-state index contributed by atoms with van der Waals surface area (Å²) in [4.78, 5) is 31.8. The van der Waals surface area contributed by atoms with Crippen LogP contribution in [0.25, 0.3) is 0 Å². The van der Waals surface area contributed by atoms with Crippen molar-refractivity contribution in [3.8, 4) is 0 Å². The van der Waals surface area contributed by atoms with Gasteiger partial charge in [0.1, 0.15) is 5.82 Å². The van der Waals surface area contributed by atoms with E-state index < -0.39 is 17.2 Å². The number of halogens is 4. The Kier molecular flexibility index (Phi) is 16.3. The number of aliphatic imine (C=N–C) groups is 1. The number of amides is 1. The van der Waals surface area contributed by atoms with E-state index in [1.807, 2.05) is 60.6 Å². The number of nitrogens with zero attached hydrogens (tertiary/aromatic N) is 2. The average molecular weight is 659 g/mol. The molecule has 1 amide bonds. The molecule has 47 heavy (non-hydrogen) atoms. The Labute approximate surface area is 277 Å². The van der Waals surface area contributed by atoms with Gasteiger partial charge in [0.15, 0.2) is 5.78 Å². The van der Waals surface area contributed by atoms with Crippen molar-refractivity contribution in [1.82, 2.24) is 10.2 Å². The van der Waals surface area contributed by atoms with Crippen LogP contribution >= 0.6 is 0 Å². The molecule has 0 bridgehead atoms. The lowest BCUT2D eigenvalue weighted by Gasteiger charge is -2.41. The molecule has 1 aliphatic heterocycles. The minimum absolute atomic E-state index is 0.0171. The number of likely N-dealkylation sites (N-methyl/N-ethyl adjacent to an activating group) is 1. The van der Waals surface area contributed by atoms with E-state index in [4.69, 9.17) is 5.73 Å². The second kappa shape index (κ2) is 18.8. The number of piperidine rings is 1. The molecule has 0 radical (unpaired) electrons. The molecule has 0 saturated carbocycles. The van der Waals surface area contributed by atoms with Crippen molar-refractivity contribution in [2.75, 3.05) is 20.1 Å². The summed E-state index contributed by atoms with van der Waals surface area (Å²) in [5.74, 6) is -0.723.